The van der Waals surface area contributed by atoms with E-state index < -0.39 is 18.0 Å². The first-order valence-electron chi connectivity index (χ1n) is 8.54. The monoisotopic (exact) mass is 392 g/mol. The second-order valence-electron chi connectivity index (χ2n) is 6.18. The summed E-state index contributed by atoms with van der Waals surface area (Å²) in [6.07, 6.45) is -1.18. The van der Waals surface area contributed by atoms with E-state index in [9.17, 15) is 23.4 Å². The Labute approximate surface area is 159 Å². The summed E-state index contributed by atoms with van der Waals surface area (Å²) in [6.45, 7) is 1.06. The van der Waals surface area contributed by atoms with Crippen LogP contribution >= 0.6 is 0 Å². The molecular formula is C19H19F3N4O2. The van der Waals surface area contributed by atoms with Gasteiger partial charge in [0.15, 0.2) is 6.29 Å². The molecule has 0 atom stereocenters. The fraction of sp³-hybridized carbons (Fsp3) is 0.263. The number of benzene rings is 1. The van der Waals surface area contributed by atoms with Crippen LogP contribution in [0.25, 0.3) is 11.4 Å². The van der Waals surface area contributed by atoms with E-state index in [-0.39, 0.29) is 12.1 Å². The molecule has 0 saturated heterocycles. The molecule has 6 nitrogen and oxygen atoms in total. The molecule has 0 spiro atoms. The minimum Gasteiger partial charge on any atom is -0.364 e. The lowest BCUT2D eigenvalue weighted by molar-refractivity contribution is -0.138. The molecule has 0 radical (unpaired) electrons. The number of pyridine rings is 1. The third-order valence-electron chi connectivity index (χ3n) is 4.16. The molecule has 2 aromatic heterocycles. The van der Waals surface area contributed by atoms with Gasteiger partial charge in [-0.25, -0.2) is 4.98 Å². The van der Waals surface area contributed by atoms with Crippen molar-refractivity contribution in [2.75, 3.05) is 6.54 Å². The minimum absolute atomic E-state index is 0.106. The Bertz CT molecular complexity index is 925. The highest BCUT2D eigenvalue weighted by molar-refractivity contribution is 5.53. The summed E-state index contributed by atoms with van der Waals surface area (Å²) in [7, 11) is 0. The van der Waals surface area contributed by atoms with Crippen molar-refractivity contribution in [3.8, 4) is 11.4 Å². The van der Waals surface area contributed by atoms with Crippen LogP contribution in [-0.2, 0) is 19.3 Å². The number of hydrogen-bond acceptors (Lipinski definition) is 5. The van der Waals surface area contributed by atoms with Crippen molar-refractivity contribution < 1.29 is 23.4 Å². The zero-order chi connectivity index (χ0) is 20.1. The second-order valence-corrected chi connectivity index (χ2v) is 6.18. The number of aromatic nitrogens is 3. The van der Waals surface area contributed by atoms with Gasteiger partial charge in [0.2, 0.25) is 0 Å². The number of nitrogens with one attached hydrogen (secondary N) is 1. The Hall–Kier alpha value is -2.75. The lowest BCUT2D eigenvalue weighted by atomic mass is 10.1. The third-order valence-corrected chi connectivity index (χ3v) is 4.16. The lowest BCUT2D eigenvalue weighted by Crippen LogP contribution is -2.21. The van der Waals surface area contributed by atoms with Crippen LogP contribution in [0, 0.1) is 0 Å². The van der Waals surface area contributed by atoms with Crippen molar-refractivity contribution in [2.45, 2.75) is 25.6 Å². The van der Waals surface area contributed by atoms with Crippen molar-refractivity contribution in [3.05, 3.63) is 71.8 Å². The van der Waals surface area contributed by atoms with E-state index in [2.05, 4.69) is 15.3 Å². The van der Waals surface area contributed by atoms with Crippen molar-refractivity contribution in [2.24, 2.45) is 0 Å². The van der Waals surface area contributed by atoms with Gasteiger partial charge < -0.3 is 20.1 Å². The molecular weight excluding hydrogens is 373 g/mol. The molecule has 0 aliphatic rings. The van der Waals surface area contributed by atoms with Crippen LogP contribution in [0.3, 0.4) is 0 Å². The number of alkyl halides is 3. The molecule has 0 fully saturated rings. The smallest absolute Gasteiger partial charge is 0.364 e. The number of aliphatic hydroxyl groups is 2. The van der Waals surface area contributed by atoms with E-state index in [1.807, 2.05) is 0 Å². The first-order valence-corrected chi connectivity index (χ1v) is 8.54. The molecule has 0 saturated carbocycles. The van der Waals surface area contributed by atoms with Crippen molar-refractivity contribution in [1.29, 1.82) is 0 Å². The highest BCUT2D eigenvalue weighted by atomic mass is 19.4. The lowest BCUT2D eigenvalue weighted by Gasteiger charge is -2.13. The number of imidazole rings is 1. The number of nitrogens with zero attached hydrogens (tertiary/aromatic N) is 3. The molecule has 0 bridgehead atoms. The first-order chi connectivity index (χ1) is 13.3. The maximum Gasteiger partial charge on any atom is 0.416 e. The van der Waals surface area contributed by atoms with Crippen molar-refractivity contribution in [1.82, 2.24) is 19.9 Å². The number of rotatable bonds is 7. The Morgan fingerprint density at radius 2 is 1.86 bits per heavy atom. The molecule has 1 aromatic carbocycles. The van der Waals surface area contributed by atoms with Gasteiger partial charge in [0.25, 0.3) is 0 Å². The van der Waals surface area contributed by atoms with Gasteiger partial charge in [-0.3, -0.25) is 4.98 Å². The molecule has 0 aliphatic heterocycles. The third kappa shape index (κ3) is 4.94. The predicted molar refractivity (Wildman–Crippen MR) is 95.8 cm³/mol. The van der Waals surface area contributed by atoms with Gasteiger partial charge in [0.05, 0.1) is 17.6 Å². The SMILES string of the molecule is OC(O)c1ccnc(-c2cn(CCNCc3ccccc3C(F)(F)F)cn2)c1. The van der Waals surface area contributed by atoms with Crippen LogP contribution < -0.4 is 5.32 Å². The van der Waals surface area contributed by atoms with Gasteiger partial charge in [-0.05, 0) is 23.8 Å². The molecule has 28 heavy (non-hydrogen) atoms. The van der Waals surface area contributed by atoms with E-state index in [1.165, 1.54) is 30.5 Å². The summed E-state index contributed by atoms with van der Waals surface area (Å²) >= 11 is 0. The predicted octanol–water partition coefficient (Wildman–Crippen LogP) is 2.74. The molecule has 0 aliphatic carbocycles. The summed E-state index contributed by atoms with van der Waals surface area (Å²) in [6, 6.07) is 8.51. The van der Waals surface area contributed by atoms with Crippen LogP contribution in [0.4, 0.5) is 13.2 Å². The number of aliphatic hydroxyl groups excluding tert-OH is 1. The van der Waals surface area contributed by atoms with E-state index in [0.717, 1.165) is 6.07 Å². The summed E-state index contributed by atoms with van der Waals surface area (Å²) in [5, 5.41) is 21.5. The summed E-state index contributed by atoms with van der Waals surface area (Å²) in [5.74, 6) is 0. The molecule has 0 amide bonds. The molecule has 3 rings (SSSR count). The molecule has 3 aromatic rings. The van der Waals surface area contributed by atoms with Gasteiger partial charge in [-0.2, -0.15) is 13.2 Å². The summed E-state index contributed by atoms with van der Waals surface area (Å²) in [4.78, 5) is 8.38. The Kier molecular flexibility index (Phi) is 6.08. The van der Waals surface area contributed by atoms with Crippen LogP contribution in [0.15, 0.2) is 55.1 Å². The average Bonchev–Trinajstić information content (AvgIpc) is 3.14. The van der Waals surface area contributed by atoms with Gasteiger partial charge in [-0.15, -0.1) is 0 Å². The maximum absolute atomic E-state index is 13.0. The normalized spacial score (nSPS) is 11.9. The fourth-order valence-electron chi connectivity index (χ4n) is 2.74. The molecule has 9 heteroatoms. The highest BCUT2D eigenvalue weighted by Gasteiger charge is 2.32. The van der Waals surface area contributed by atoms with Crippen LogP contribution in [0.5, 0.6) is 0 Å². The maximum atomic E-state index is 13.0. The standard InChI is InChI=1S/C19H19F3N4O2/c20-19(21,22)15-4-2-1-3-14(15)10-23-7-8-26-11-17(25-12-26)16-9-13(18(27)28)5-6-24-16/h1-6,9,11-12,18,23,27-28H,7-8,10H2. The summed E-state index contributed by atoms with van der Waals surface area (Å²) in [5.41, 5.74) is 0.931. The average molecular weight is 392 g/mol. The minimum atomic E-state index is -4.37. The quantitative estimate of drug-likeness (QED) is 0.425. The fourth-order valence-corrected chi connectivity index (χ4v) is 2.74. The Morgan fingerprint density at radius 3 is 2.61 bits per heavy atom. The second kappa shape index (κ2) is 8.51. The van der Waals surface area contributed by atoms with Gasteiger partial charge >= 0.3 is 6.18 Å². The Balaban J connectivity index is 1.57. The molecule has 148 valence electrons. The van der Waals surface area contributed by atoms with Crippen LogP contribution in [-0.4, -0.2) is 31.3 Å². The largest absolute Gasteiger partial charge is 0.416 e. The number of hydrogen-bond donors (Lipinski definition) is 3. The zero-order valence-corrected chi connectivity index (χ0v) is 14.8. The van der Waals surface area contributed by atoms with Crippen LogP contribution in [0.1, 0.15) is 23.0 Å². The van der Waals surface area contributed by atoms with Crippen molar-refractivity contribution in [3.63, 3.8) is 0 Å². The van der Waals surface area contributed by atoms with Gasteiger partial charge in [-0.1, -0.05) is 18.2 Å². The first kappa shape index (κ1) is 20.0. The summed E-state index contributed by atoms with van der Waals surface area (Å²) < 4.78 is 40.7. The zero-order valence-electron chi connectivity index (χ0n) is 14.8. The van der Waals surface area contributed by atoms with Gasteiger partial charge in [0, 0.05) is 37.6 Å². The van der Waals surface area contributed by atoms with E-state index in [0.29, 0.717) is 30.0 Å². The van der Waals surface area contributed by atoms with E-state index in [1.54, 1.807) is 23.2 Å². The van der Waals surface area contributed by atoms with E-state index >= 15 is 0 Å². The van der Waals surface area contributed by atoms with E-state index in [4.69, 9.17) is 0 Å². The van der Waals surface area contributed by atoms with Crippen molar-refractivity contribution >= 4 is 0 Å². The molecule has 3 N–H and O–H groups in total. The van der Waals surface area contributed by atoms with Gasteiger partial charge in [0.1, 0.15) is 5.69 Å². The van der Waals surface area contributed by atoms with Crippen LogP contribution in [0.2, 0.25) is 0 Å². The topological polar surface area (TPSA) is 83.2 Å². The highest BCUT2D eigenvalue weighted by Crippen LogP contribution is 2.31. The molecule has 0 unspecified atom stereocenters. The number of halogens is 3. The molecule has 2 heterocycles. The Morgan fingerprint density at radius 1 is 1.07 bits per heavy atom.